The molecule has 0 amide bonds. The van der Waals surface area contributed by atoms with E-state index in [0.717, 1.165) is 48.4 Å². The lowest BCUT2D eigenvalue weighted by Gasteiger charge is -2.56. The van der Waals surface area contributed by atoms with E-state index in [4.69, 9.17) is 0 Å². The van der Waals surface area contributed by atoms with Crippen molar-refractivity contribution in [2.24, 2.45) is 5.41 Å². The Morgan fingerprint density at radius 2 is 1.48 bits per heavy atom. The molecule has 0 saturated carbocycles. The third-order valence-electron chi connectivity index (χ3n) is 8.12. The first-order valence-electron chi connectivity index (χ1n) is 13.1. The fraction of sp³-hybridized carbons (Fsp3) is 0.310. The minimum atomic E-state index is -4.85. The highest BCUT2D eigenvalue weighted by molar-refractivity contribution is 7.22. The normalized spacial score (nSPS) is 17.1. The summed E-state index contributed by atoms with van der Waals surface area (Å²) < 4.78 is 67.0. The van der Waals surface area contributed by atoms with Crippen LogP contribution in [0.4, 0.5) is 32.8 Å². The van der Waals surface area contributed by atoms with Crippen LogP contribution in [0.1, 0.15) is 35.6 Å². The molecular formula is C29H23F5N4O3S. The summed E-state index contributed by atoms with van der Waals surface area (Å²) in [5.74, 6) is -0.695. The number of rotatable bonds is 5. The third-order valence-corrected chi connectivity index (χ3v) is 9.29. The van der Waals surface area contributed by atoms with Crippen LogP contribution >= 0.6 is 11.3 Å². The molecule has 1 spiro atoms. The first kappa shape index (κ1) is 28.2. The molecule has 3 heterocycles. The molecule has 0 atom stereocenters. The lowest BCUT2D eigenvalue weighted by Crippen LogP contribution is -2.61. The summed E-state index contributed by atoms with van der Waals surface area (Å²) >= 11 is 0.844. The number of halogens is 5. The molecule has 0 radical (unpaired) electrons. The van der Waals surface area contributed by atoms with Gasteiger partial charge in [0, 0.05) is 32.2 Å². The zero-order chi connectivity index (χ0) is 29.8. The molecule has 2 fully saturated rings. The molecule has 0 bridgehead atoms. The van der Waals surface area contributed by atoms with Gasteiger partial charge in [0.2, 0.25) is 0 Å². The van der Waals surface area contributed by atoms with Crippen molar-refractivity contribution in [3.63, 3.8) is 0 Å². The van der Waals surface area contributed by atoms with Gasteiger partial charge in [-0.05, 0) is 59.7 Å². The number of hydrogen-bond donors (Lipinski definition) is 0. The van der Waals surface area contributed by atoms with Gasteiger partial charge in [-0.3, -0.25) is 19.8 Å². The van der Waals surface area contributed by atoms with E-state index >= 15 is 0 Å². The van der Waals surface area contributed by atoms with E-state index in [2.05, 4.69) is 9.88 Å². The molecule has 2 aliphatic rings. The Labute approximate surface area is 240 Å². The van der Waals surface area contributed by atoms with Crippen molar-refractivity contribution in [1.29, 1.82) is 0 Å². The van der Waals surface area contributed by atoms with Gasteiger partial charge in [-0.15, -0.1) is 0 Å². The van der Waals surface area contributed by atoms with Crippen LogP contribution in [0.3, 0.4) is 0 Å². The van der Waals surface area contributed by atoms with E-state index in [9.17, 15) is 36.9 Å². The Hall–Kier alpha value is -3.97. The number of hydrogen-bond acceptors (Lipinski definition) is 7. The molecule has 0 aliphatic carbocycles. The van der Waals surface area contributed by atoms with Crippen molar-refractivity contribution in [2.75, 3.05) is 31.1 Å². The number of nitrogens with zero attached hydrogens (tertiary/aromatic N) is 4. The predicted octanol–water partition coefficient (Wildman–Crippen LogP) is 6.55. The Morgan fingerprint density at radius 1 is 0.929 bits per heavy atom. The number of benzene rings is 3. The van der Waals surface area contributed by atoms with Crippen LogP contribution in [0, 0.1) is 27.2 Å². The molecule has 13 heteroatoms. The molecule has 7 nitrogen and oxygen atoms in total. The number of non-ortho nitro benzene ring substituents is 1. The SMILES string of the molecule is O=c1nc(N2CCC3(CC2)CN(C(c2ccc(F)cc2)c2ccc(F)cc2)C3)sc2c([N+](=O)[O-])cc(C(F)(F)F)cc12. The number of aromatic nitrogens is 1. The Balaban J connectivity index is 1.21. The van der Waals surface area contributed by atoms with Gasteiger partial charge in [-0.25, -0.2) is 8.78 Å². The molecule has 4 aromatic rings. The fourth-order valence-electron chi connectivity index (χ4n) is 5.97. The zero-order valence-corrected chi connectivity index (χ0v) is 22.7. The van der Waals surface area contributed by atoms with Crippen LogP contribution in [-0.2, 0) is 6.18 Å². The Bertz CT molecular complexity index is 1670. The highest BCUT2D eigenvalue weighted by atomic mass is 32.1. The number of fused-ring (bicyclic) bond motifs is 1. The summed E-state index contributed by atoms with van der Waals surface area (Å²) in [5, 5.41) is 11.4. The monoisotopic (exact) mass is 602 g/mol. The number of alkyl halides is 3. The topological polar surface area (TPSA) is 79.6 Å². The van der Waals surface area contributed by atoms with Gasteiger partial charge >= 0.3 is 6.18 Å². The molecule has 1 aromatic heterocycles. The lowest BCUT2D eigenvalue weighted by molar-refractivity contribution is -0.383. The summed E-state index contributed by atoms with van der Waals surface area (Å²) in [6.45, 7) is 2.48. The Morgan fingerprint density at radius 3 is 1.98 bits per heavy atom. The van der Waals surface area contributed by atoms with Gasteiger partial charge in [0.25, 0.3) is 11.2 Å². The summed E-state index contributed by atoms with van der Waals surface area (Å²) in [4.78, 5) is 31.6. The molecule has 2 aliphatic heterocycles. The number of nitro groups is 1. The van der Waals surface area contributed by atoms with Crippen molar-refractivity contribution in [2.45, 2.75) is 25.1 Å². The smallest absolute Gasteiger partial charge is 0.348 e. The quantitative estimate of drug-likeness (QED) is 0.146. The number of nitro benzene ring substituents is 1. The maximum atomic E-state index is 13.6. The predicted molar refractivity (Wildman–Crippen MR) is 148 cm³/mol. The van der Waals surface area contributed by atoms with Gasteiger partial charge in [-0.1, -0.05) is 35.6 Å². The average molecular weight is 603 g/mol. The van der Waals surface area contributed by atoms with Gasteiger partial charge in [-0.2, -0.15) is 18.2 Å². The number of piperidine rings is 1. The fourth-order valence-corrected chi connectivity index (χ4v) is 7.08. The average Bonchev–Trinajstić information content (AvgIpc) is 2.93. The molecule has 2 saturated heterocycles. The van der Waals surface area contributed by atoms with Crippen molar-refractivity contribution in [3.05, 3.63) is 109 Å². The van der Waals surface area contributed by atoms with Crippen molar-refractivity contribution in [1.82, 2.24) is 9.88 Å². The molecule has 6 rings (SSSR count). The van der Waals surface area contributed by atoms with Crippen molar-refractivity contribution in [3.8, 4) is 0 Å². The first-order chi connectivity index (χ1) is 19.9. The van der Waals surface area contributed by atoms with Crippen LogP contribution < -0.4 is 10.5 Å². The maximum Gasteiger partial charge on any atom is 0.416 e. The third kappa shape index (κ3) is 5.22. The number of likely N-dealkylation sites (tertiary alicyclic amines) is 1. The van der Waals surface area contributed by atoms with Crippen LogP contribution in [0.5, 0.6) is 0 Å². The lowest BCUT2D eigenvalue weighted by atomic mass is 9.70. The van der Waals surface area contributed by atoms with Crippen LogP contribution in [0.2, 0.25) is 0 Å². The van der Waals surface area contributed by atoms with Gasteiger partial charge in [0.15, 0.2) is 5.13 Å². The second-order valence-electron chi connectivity index (χ2n) is 10.8. The van der Waals surface area contributed by atoms with E-state index in [1.807, 2.05) is 4.90 Å². The maximum absolute atomic E-state index is 13.6. The Kier molecular flexibility index (Phi) is 6.97. The van der Waals surface area contributed by atoms with E-state index in [-0.39, 0.29) is 32.9 Å². The van der Waals surface area contributed by atoms with Gasteiger partial charge in [0.1, 0.15) is 16.3 Å². The zero-order valence-electron chi connectivity index (χ0n) is 21.9. The molecule has 0 N–H and O–H groups in total. The standard InChI is InChI=1S/C29H23F5N4O3S/c30-20-5-1-17(2-6-20)24(18-3-7-21(31)8-4-18)37-15-28(16-37)9-11-36(12-10-28)27-35-26(39)22-13-19(29(32,33)34)14-23(38(40)41)25(22)42-27/h1-8,13-14,24H,9-12,15-16H2. The molecule has 42 heavy (non-hydrogen) atoms. The van der Waals surface area contributed by atoms with E-state index in [1.54, 1.807) is 24.3 Å². The molecule has 3 aromatic carbocycles. The number of anilines is 1. The molecular weight excluding hydrogens is 579 g/mol. The van der Waals surface area contributed by atoms with Gasteiger partial charge in [0.05, 0.1) is 21.9 Å². The van der Waals surface area contributed by atoms with Crippen LogP contribution in [-0.4, -0.2) is 41.0 Å². The highest BCUT2D eigenvalue weighted by Gasteiger charge is 2.48. The summed E-state index contributed by atoms with van der Waals surface area (Å²) in [7, 11) is 0. The van der Waals surface area contributed by atoms with Gasteiger partial charge < -0.3 is 4.90 Å². The minimum Gasteiger partial charge on any atom is -0.348 e. The van der Waals surface area contributed by atoms with Crippen LogP contribution in [0.25, 0.3) is 10.1 Å². The van der Waals surface area contributed by atoms with E-state index in [1.165, 1.54) is 24.3 Å². The first-order valence-corrected chi connectivity index (χ1v) is 13.9. The minimum absolute atomic E-state index is 0.0375. The summed E-state index contributed by atoms with van der Waals surface area (Å²) in [6.07, 6.45) is -3.38. The van der Waals surface area contributed by atoms with Crippen molar-refractivity contribution < 1.29 is 26.9 Å². The van der Waals surface area contributed by atoms with Crippen molar-refractivity contribution >= 4 is 32.2 Å². The molecule has 0 unspecified atom stereocenters. The summed E-state index contributed by atoms with van der Waals surface area (Å²) in [5.41, 5.74) is -1.25. The second kappa shape index (κ2) is 10.4. The van der Waals surface area contributed by atoms with Crippen LogP contribution in [0.15, 0.2) is 65.5 Å². The summed E-state index contributed by atoms with van der Waals surface area (Å²) in [6, 6.07) is 13.4. The second-order valence-corrected chi connectivity index (χ2v) is 11.8. The van der Waals surface area contributed by atoms with E-state index < -0.39 is 33.3 Å². The highest BCUT2D eigenvalue weighted by Crippen LogP contribution is 2.47. The largest absolute Gasteiger partial charge is 0.416 e. The molecule has 218 valence electrons. The van der Waals surface area contributed by atoms with E-state index in [0.29, 0.717) is 25.2 Å².